The van der Waals surface area contributed by atoms with Crippen LogP contribution in [0.15, 0.2) is 59.5 Å². The first-order chi connectivity index (χ1) is 17.7. The summed E-state index contributed by atoms with van der Waals surface area (Å²) in [5.74, 6) is 0.704. The third-order valence-electron chi connectivity index (χ3n) is 5.72. The minimum Gasteiger partial charge on any atom is -0.593 e. The van der Waals surface area contributed by atoms with E-state index in [0.717, 1.165) is 22.9 Å². The second-order valence-corrected chi connectivity index (χ2v) is 11.8. The van der Waals surface area contributed by atoms with Crippen LogP contribution in [0.5, 0.6) is 0 Å². The van der Waals surface area contributed by atoms with E-state index in [1.54, 1.807) is 28.6 Å². The fraction of sp³-hybridized carbons (Fsp3) is 0.462. The lowest BCUT2D eigenvalue weighted by Crippen LogP contribution is -2.51. The minimum absolute atomic E-state index is 0.0338. The standard InChI is InChI=1S/C26H35N3O6S2/c1-18(2)13-29(37(34)22-10-8-20(15-30)9-11-22)14-24(31)23(12-19-6-4-3-5-7-19)28-25(32)35-16-21-17-36-26(33)27-21/h3-11,18,21,23-24,30-31H,12-17H2,1-2H3,(H,27,33)(H,28,32)/t21-,23-,24+,37?/m0/s1. The van der Waals surface area contributed by atoms with E-state index in [1.165, 1.54) is 0 Å². The van der Waals surface area contributed by atoms with Gasteiger partial charge in [0.15, 0.2) is 4.90 Å². The lowest BCUT2D eigenvalue weighted by atomic mass is 10.0. The molecule has 2 aromatic rings. The molecule has 202 valence electrons. The molecule has 11 heteroatoms. The van der Waals surface area contributed by atoms with Gasteiger partial charge < -0.3 is 30.1 Å². The van der Waals surface area contributed by atoms with Gasteiger partial charge in [0.05, 0.1) is 42.7 Å². The summed E-state index contributed by atoms with van der Waals surface area (Å²) in [5, 5.41) is 25.9. The fourth-order valence-electron chi connectivity index (χ4n) is 3.85. The van der Waals surface area contributed by atoms with Crippen LogP contribution in [0.4, 0.5) is 9.59 Å². The summed E-state index contributed by atoms with van der Waals surface area (Å²) in [5.41, 5.74) is 1.64. The van der Waals surface area contributed by atoms with E-state index in [-0.39, 0.29) is 37.0 Å². The normalized spacial score (nSPS) is 17.9. The average Bonchev–Trinajstić information content (AvgIpc) is 3.31. The number of hydrogen-bond acceptors (Lipinski definition) is 8. The van der Waals surface area contributed by atoms with Crippen LogP contribution in [-0.2, 0) is 29.1 Å². The number of aliphatic hydroxyl groups excluding tert-OH is 2. The molecule has 1 aliphatic heterocycles. The molecular formula is C26H35N3O6S2. The predicted molar refractivity (Wildman–Crippen MR) is 144 cm³/mol. The van der Waals surface area contributed by atoms with Crippen molar-refractivity contribution in [3.8, 4) is 0 Å². The van der Waals surface area contributed by atoms with E-state index < -0.39 is 29.6 Å². The zero-order valence-electron chi connectivity index (χ0n) is 21.0. The van der Waals surface area contributed by atoms with Gasteiger partial charge in [0.2, 0.25) is 0 Å². The number of carbonyl (C=O) groups excluding carboxylic acids is 2. The first kappa shape index (κ1) is 29.3. The zero-order chi connectivity index (χ0) is 26.8. The molecule has 0 bridgehead atoms. The lowest BCUT2D eigenvalue weighted by Gasteiger charge is -2.31. The quantitative estimate of drug-likeness (QED) is 0.280. The number of benzene rings is 2. The van der Waals surface area contributed by atoms with Crippen molar-refractivity contribution in [1.82, 2.24) is 14.9 Å². The van der Waals surface area contributed by atoms with Gasteiger partial charge in [0.25, 0.3) is 5.24 Å². The Hall–Kier alpha value is -2.28. The van der Waals surface area contributed by atoms with E-state index in [9.17, 15) is 24.4 Å². The number of nitrogens with one attached hydrogen (secondary N) is 2. The molecule has 2 amide bonds. The molecule has 0 radical (unpaired) electrons. The first-order valence-corrected chi connectivity index (χ1v) is 14.3. The number of alkyl carbamates (subject to hydrolysis) is 1. The molecule has 1 fully saturated rings. The molecule has 1 heterocycles. The maximum Gasteiger partial charge on any atom is 0.407 e. The molecule has 0 spiro atoms. The zero-order valence-corrected chi connectivity index (χ0v) is 22.7. The molecule has 0 aliphatic carbocycles. The van der Waals surface area contributed by atoms with Crippen LogP contribution in [0.25, 0.3) is 0 Å². The molecule has 1 saturated heterocycles. The van der Waals surface area contributed by atoms with Crippen molar-refractivity contribution in [3.63, 3.8) is 0 Å². The van der Waals surface area contributed by atoms with Gasteiger partial charge in [0.1, 0.15) is 6.61 Å². The predicted octanol–water partition coefficient (Wildman–Crippen LogP) is 2.68. The molecule has 0 saturated carbocycles. The van der Waals surface area contributed by atoms with Crippen molar-refractivity contribution in [2.75, 3.05) is 25.4 Å². The number of rotatable bonds is 13. The van der Waals surface area contributed by atoms with Crippen molar-refractivity contribution in [2.45, 2.75) is 50.0 Å². The monoisotopic (exact) mass is 549 g/mol. The van der Waals surface area contributed by atoms with Crippen LogP contribution in [-0.4, -0.2) is 74.0 Å². The minimum atomic E-state index is -1.55. The van der Waals surface area contributed by atoms with Crippen molar-refractivity contribution in [3.05, 3.63) is 65.7 Å². The third-order valence-corrected chi connectivity index (χ3v) is 8.11. The highest BCUT2D eigenvalue weighted by molar-refractivity contribution is 8.14. The van der Waals surface area contributed by atoms with Crippen molar-refractivity contribution < 1.29 is 29.1 Å². The Bertz CT molecular complexity index is 996. The van der Waals surface area contributed by atoms with E-state index in [4.69, 9.17) is 4.74 Å². The van der Waals surface area contributed by atoms with Gasteiger partial charge >= 0.3 is 6.09 Å². The second-order valence-electron chi connectivity index (χ2n) is 9.34. The number of amides is 2. The molecule has 1 unspecified atom stereocenters. The molecule has 9 nitrogen and oxygen atoms in total. The van der Waals surface area contributed by atoms with Crippen LogP contribution in [0.2, 0.25) is 0 Å². The number of aliphatic hydroxyl groups is 2. The van der Waals surface area contributed by atoms with E-state index in [2.05, 4.69) is 10.6 Å². The third kappa shape index (κ3) is 9.51. The Morgan fingerprint density at radius 1 is 1.19 bits per heavy atom. The van der Waals surface area contributed by atoms with Crippen molar-refractivity contribution in [1.29, 1.82) is 0 Å². The highest BCUT2D eigenvalue weighted by Gasteiger charge is 2.31. The smallest absolute Gasteiger partial charge is 0.407 e. The maximum absolute atomic E-state index is 13.4. The Labute approximate surface area is 225 Å². The molecule has 37 heavy (non-hydrogen) atoms. The van der Waals surface area contributed by atoms with Crippen LogP contribution < -0.4 is 10.6 Å². The average molecular weight is 550 g/mol. The summed E-state index contributed by atoms with van der Waals surface area (Å²) in [6, 6.07) is 15.4. The molecule has 0 aromatic heterocycles. The van der Waals surface area contributed by atoms with Crippen LogP contribution in [0, 0.1) is 5.92 Å². The highest BCUT2D eigenvalue weighted by Crippen LogP contribution is 2.20. The maximum atomic E-state index is 13.4. The number of ether oxygens (including phenoxy) is 1. The highest BCUT2D eigenvalue weighted by atomic mass is 32.2. The number of hydrogen-bond donors (Lipinski definition) is 4. The number of nitrogens with zero attached hydrogens (tertiary/aromatic N) is 1. The van der Waals surface area contributed by atoms with Gasteiger partial charge in [0, 0.05) is 12.3 Å². The molecular weight excluding hydrogens is 514 g/mol. The van der Waals surface area contributed by atoms with Crippen molar-refractivity contribution >= 4 is 34.5 Å². The van der Waals surface area contributed by atoms with Gasteiger partial charge in [-0.25, -0.2) is 4.79 Å². The van der Waals surface area contributed by atoms with E-state index >= 15 is 0 Å². The van der Waals surface area contributed by atoms with Crippen molar-refractivity contribution in [2.24, 2.45) is 5.92 Å². The van der Waals surface area contributed by atoms with Gasteiger partial charge in [-0.05, 0) is 35.6 Å². The van der Waals surface area contributed by atoms with Crippen LogP contribution in [0.1, 0.15) is 25.0 Å². The molecule has 2 aromatic carbocycles. The Balaban J connectivity index is 1.70. The van der Waals surface area contributed by atoms with Gasteiger partial charge in [-0.3, -0.25) is 4.79 Å². The summed E-state index contributed by atoms with van der Waals surface area (Å²) in [7, 11) is 0. The van der Waals surface area contributed by atoms with Gasteiger partial charge in [-0.15, -0.1) is 4.31 Å². The Kier molecular flexibility index (Phi) is 11.6. The largest absolute Gasteiger partial charge is 0.593 e. The fourth-order valence-corrected chi connectivity index (χ4v) is 6.02. The topological polar surface area (TPSA) is 134 Å². The summed E-state index contributed by atoms with van der Waals surface area (Å²) in [6.45, 7) is 4.46. The first-order valence-electron chi connectivity index (χ1n) is 12.2. The van der Waals surface area contributed by atoms with Crippen LogP contribution >= 0.6 is 11.8 Å². The lowest BCUT2D eigenvalue weighted by molar-refractivity contribution is 0.0876. The number of carbonyl (C=O) groups is 2. The molecule has 1 aliphatic rings. The number of thioether (sulfide) groups is 1. The summed E-state index contributed by atoms with van der Waals surface area (Å²) in [6.07, 6.45) is -1.39. The summed E-state index contributed by atoms with van der Waals surface area (Å²) < 4.78 is 20.4. The van der Waals surface area contributed by atoms with E-state index in [0.29, 0.717) is 23.6 Å². The van der Waals surface area contributed by atoms with E-state index in [1.807, 2.05) is 44.2 Å². The molecule has 3 rings (SSSR count). The summed E-state index contributed by atoms with van der Waals surface area (Å²) in [4.78, 5) is 24.5. The Morgan fingerprint density at radius 2 is 1.89 bits per heavy atom. The van der Waals surface area contributed by atoms with Gasteiger partial charge in [-0.1, -0.05) is 68.1 Å². The summed E-state index contributed by atoms with van der Waals surface area (Å²) >= 11 is -0.408. The SMILES string of the molecule is CC(C)CN(C[C@@H](O)[C@H](Cc1ccccc1)NC(=O)OC[C@H]1CSC(=O)N1)[S+]([O-])c1ccc(CO)cc1. The Morgan fingerprint density at radius 3 is 2.49 bits per heavy atom. The molecule has 4 atom stereocenters. The van der Waals surface area contributed by atoms with Crippen LogP contribution in [0.3, 0.4) is 0 Å². The molecule has 4 N–H and O–H groups in total. The second kappa shape index (κ2) is 14.6. The van der Waals surface area contributed by atoms with Gasteiger partial charge in [-0.2, -0.15) is 0 Å².